The van der Waals surface area contributed by atoms with Crippen molar-refractivity contribution in [3.8, 4) is 0 Å². The van der Waals surface area contributed by atoms with Crippen LogP contribution in [0.5, 0.6) is 0 Å². The number of hydrogen-bond donors (Lipinski definition) is 0. The van der Waals surface area contributed by atoms with Crippen LogP contribution in [0.3, 0.4) is 0 Å². The van der Waals surface area contributed by atoms with Crippen molar-refractivity contribution in [3.63, 3.8) is 0 Å². The molecule has 0 unspecified atom stereocenters. The fourth-order valence-corrected chi connectivity index (χ4v) is 8.89. The van der Waals surface area contributed by atoms with E-state index < -0.39 is 8.07 Å². The summed E-state index contributed by atoms with van der Waals surface area (Å²) in [5.74, 6) is 0. The zero-order chi connectivity index (χ0) is 23.7. The SMILES string of the molecule is CC1(C)c2ccccc2C(=C2c3ccccc3C([Si](C)(C)C)c3ccccc32)c2ccccc21. The lowest BCUT2D eigenvalue weighted by Crippen LogP contribution is -2.35. The molecule has 168 valence electrons. The monoisotopic (exact) mass is 456 g/mol. The van der Waals surface area contributed by atoms with Crippen LogP contribution in [0.15, 0.2) is 97.1 Å². The van der Waals surface area contributed by atoms with Crippen LogP contribution in [-0.2, 0) is 5.41 Å². The lowest BCUT2D eigenvalue weighted by molar-refractivity contribution is 0.630. The Morgan fingerprint density at radius 3 is 1.29 bits per heavy atom. The molecule has 0 nitrogen and oxygen atoms in total. The zero-order valence-corrected chi connectivity index (χ0v) is 21.8. The van der Waals surface area contributed by atoms with Gasteiger partial charge in [-0.05, 0) is 55.7 Å². The third kappa shape index (κ3) is 2.96. The Morgan fingerprint density at radius 1 is 0.500 bits per heavy atom. The molecule has 0 aromatic heterocycles. The third-order valence-corrected chi connectivity index (χ3v) is 10.3. The summed E-state index contributed by atoms with van der Waals surface area (Å²) >= 11 is 0. The summed E-state index contributed by atoms with van der Waals surface area (Å²) in [5, 5.41) is 0. The minimum Gasteiger partial charge on any atom is -0.0688 e. The highest BCUT2D eigenvalue weighted by atomic mass is 28.3. The standard InChI is InChI=1S/C33H32Si/c1-33(2)28-20-12-10-18-26(28)31(27-19-11-13-21-29(27)33)30-22-14-6-8-16-24(22)32(34(3,4)5)25-17-9-7-15-23(25)30/h6-21,32H,1-5H3. The van der Waals surface area contributed by atoms with Crippen LogP contribution in [-0.4, -0.2) is 8.07 Å². The molecule has 4 aromatic rings. The first kappa shape index (κ1) is 21.4. The fourth-order valence-electron chi connectivity index (χ4n) is 6.52. The van der Waals surface area contributed by atoms with Gasteiger partial charge in [-0.15, -0.1) is 0 Å². The van der Waals surface area contributed by atoms with E-state index in [2.05, 4.69) is 131 Å². The molecular formula is C33H32Si. The molecule has 0 amide bonds. The molecule has 1 heteroatoms. The molecule has 34 heavy (non-hydrogen) atoms. The molecular weight excluding hydrogens is 424 g/mol. The summed E-state index contributed by atoms with van der Waals surface area (Å²) in [6.45, 7) is 12.3. The maximum Gasteiger partial charge on any atom is 0.0574 e. The summed E-state index contributed by atoms with van der Waals surface area (Å²) in [4.78, 5) is 0. The Morgan fingerprint density at radius 2 is 0.853 bits per heavy atom. The first-order valence-corrected chi connectivity index (χ1v) is 16.0. The van der Waals surface area contributed by atoms with Gasteiger partial charge < -0.3 is 0 Å². The van der Waals surface area contributed by atoms with Crippen LogP contribution in [0.4, 0.5) is 0 Å². The maximum absolute atomic E-state index is 2.51. The van der Waals surface area contributed by atoms with Gasteiger partial charge in [-0.1, -0.05) is 131 Å². The minimum absolute atomic E-state index is 0.0359. The van der Waals surface area contributed by atoms with Gasteiger partial charge in [0.25, 0.3) is 0 Å². The first-order valence-electron chi connectivity index (χ1n) is 12.4. The lowest BCUT2D eigenvalue weighted by Gasteiger charge is -2.41. The van der Waals surface area contributed by atoms with Gasteiger partial charge in [0.15, 0.2) is 0 Å². The highest BCUT2D eigenvalue weighted by Crippen LogP contribution is 2.54. The molecule has 2 aliphatic carbocycles. The summed E-state index contributed by atoms with van der Waals surface area (Å²) in [7, 11) is -1.53. The van der Waals surface area contributed by atoms with Gasteiger partial charge in [0, 0.05) is 11.0 Å². The van der Waals surface area contributed by atoms with E-state index in [1.807, 2.05) is 0 Å². The van der Waals surface area contributed by atoms with Crippen LogP contribution in [0.2, 0.25) is 19.6 Å². The fraction of sp³-hybridized carbons (Fsp3) is 0.212. The number of fused-ring (bicyclic) bond motifs is 4. The van der Waals surface area contributed by atoms with Gasteiger partial charge in [-0.2, -0.15) is 0 Å². The minimum atomic E-state index is -1.53. The van der Waals surface area contributed by atoms with E-state index in [-0.39, 0.29) is 5.41 Å². The van der Waals surface area contributed by atoms with Gasteiger partial charge in [-0.3, -0.25) is 0 Å². The molecule has 0 bridgehead atoms. The largest absolute Gasteiger partial charge is 0.0688 e. The molecule has 0 spiro atoms. The van der Waals surface area contributed by atoms with E-state index in [1.54, 1.807) is 0 Å². The second kappa shape index (κ2) is 7.42. The van der Waals surface area contributed by atoms with Gasteiger partial charge in [0.05, 0.1) is 8.07 Å². The molecule has 6 rings (SSSR count). The summed E-state index contributed by atoms with van der Waals surface area (Å²) in [6.07, 6.45) is 0. The van der Waals surface area contributed by atoms with E-state index in [4.69, 9.17) is 0 Å². The maximum atomic E-state index is 2.51. The van der Waals surface area contributed by atoms with E-state index in [0.29, 0.717) is 5.54 Å². The Hall–Kier alpha value is -3.16. The van der Waals surface area contributed by atoms with E-state index >= 15 is 0 Å². The van der Waals surface area contributed by atoms with Crippen molar-refractivity contribution in [2.24, 2.45) is 0 Å². The average Bonchev–Trinajstić information content (AvgIpc) is 2.83. The highest BCUT2D eigenvalue weighted by Gasteiger charge is 2.41. The van der Waals surface area contributed by atoms with Gasteiger partial charge >= 0.3 is 0 Å². The predicted octanol–water partition coefficient (Wildman–Crippen LogP) is 8.66. The zero-order valence-electron chi connectivity index (χ0n) is 20.8. The predicted molar refractivity (Wildman–Crippen MR) is 148 cm³/mol. The summed E-state index contributed by atoms with van der Waals surface area (Å²) in [6, 6.07) is 36.5. The Bertz CT molecular complexity index is 1360. The van der Waals surface area contributed by atoms with Crippen molar-refractivity contribution < 1.29 is 0 Å². The Balaban J connectivity index is 1.81. The average molecular weight is 457 g/mol. The number of benzene rings is 4. The third-order valence-electron chi connectivity index (χ3n) is 7.94. The van der Waals surface area contributed by atoms with Crippen LogP contribution in [0.1, 0.15) is 63.9 Å². The lowest BCUT2D eigenvalue weighted by atomic mass is 9.65. The van der Waals surface area contributed by atoms with E-state index in [1.165, 1.54) is 55.7 Å². The van der Waals surface area contributed by atoms with Crippen molar-refractivity contribution in [1.82, 2.24) is 0 Å². The Labute approximate surface area is 205 Å². The van der Waals surface area contributed by atoms with Crippen LogP contribution < -0.4 is 0 Å². The van der Waals surface area contributed by atoms with Crippen LogP contribution in [0, 0.1) is 0 Å². The second-order valence-electron chi connectivity index (χ2n) is 11.4. The number of hydrogen-bond acceptors (Lipinski definition) is 0. The topological polar surface area (TPSA) is 0 Å². The van der Waals surface area contributed by atoms with Crippen molar-refractivity contribution >= 4 is 19.2 Å². The summed E-state index contributed by atoms with van der Waals surface area (Å²) < 4.78 is 0. The van der Waals surface area contributed by atoms with Crippen LogP contribution >= 0.6 is 0 Å². The first-order chi connectivity index (χ1) is 16.3. The molecule has 0 heterocycles. The smallest absolute Gasteiger partial charge is 0.0574 e. The Kier molecular flexibility index (Phi) is 4.66. The van der Waals surface area contributed by atoms with Gasteiger partial charge in [0.2, 0.25) is 0 Å². The molecule has 0 fully saturated rings. The molecule has 0 radical (unpaired) electrons. The molecule has 0 saturated carbocycles. The van der Waals surface area contributed by atoms with Crippen molar-refractivity contribution in [2.45, 2.75) is 44.4 Å². The molecule has 0 atom stereocenters. The second-order valence-corrected chi connectivity index (χ2v) is 16.7. The van der Waals surface area contributed by atoms with Crippen LogP contribution in [0.25, 0.3) is 11.1 Å². The molecule has 0 N–H and O–H groups in total. The van der Waals surface area contributed by atoms with Crippen molar-refractivity contribution in [1.29, 1.82) is 0 Å². The molecule has 0 aliphatic heterocycles. The van der Waals surface area contributed by atoms with Crippen molar-refractivity contribution in [3.05, 3.63) is 142 Å². The molecule has 0 saturated heterocycles. The highest BCUT2D eigenvalue weighted by molar-refractivity contribution is 6.78. The molecule has 2 aliphatic rings. The number of rotatable bonds is 1. The van der Waals surface area contributed by atoms with Gasteiger partial charge in [-0.25, -0.2) is 0 Å². The van der Waals surface area contributed by atoms with E-state index in [0.717, 1.165) is 0 Å². The van der Waals surface area contributed by atoms with Crippen molar-refractivity contribution in [2.75, 3.05) is 0 Å². The summed E-state index contributed by atoms with van der Waals surface area (Å²) in [5.41, 5.74) is 14.6. The molecule has 4 aromatic carbocycles. The normalized spacial score (nSPS) is 18.0. The van der Waals surface area contributed by atoms with E-state index in [9.17, 15) is 0 Å². The van der Waals surface area contributed by atoms with Gasteiger partial charge in [0.1, 0.15) is 0 Å². The quantitative estimate of drug-likeness (QED) is 0.251.